The predicted octanol–water partition coefficient (Wildman–Crippen LogP) is 17.5. The molecule has 0 saturated heterocycles. The lowest BCUT2D eigenvalue weighted by molar-refractivity contribution is -0.143. The smallest absolute Gasteiger partial charge is 0.305 e. The van der Waals surface area contributed by atoms with Gasteiger partial charge in [-0.3, -0.25) is 9.59 Å². The fourth-order valence-corrected chi connectivity index (χ4v) is 8.87. The number of hydrogen-bond acceptors (Lipinski definition) is 5. The first-order valence-corrected chi connectivity index (χ1v) is 28.6. The molecule has 64 heavy (non-hydrogen) atoms. The lowest BCUT2D eigenvalue weighted by atomic mass is 10.0. The van der Waals surface area contributed by atoms with Crippen molar-refractivity contribution in [3.63, 3.8) is 0 Å². The van der Waals surface area contributed by atoms with Crippen molar-refractivity contribution in [2.45, 2.75) is 321 Å². The van der Waals surface area contributed by atoms with Crippen LogP contribution in [-0.2, 0) is 14.3 Å². The summed E-state index contributed by atoms with van der Waals surface area (Å²) < 4.78 is 5.46. The van der Waals surface area contributed by atoms with Crippen molar-refractivity contribution in [3.05, 3.63) is 24.3 Å². The second-order valence-electron chi connectivity index (χ2n) is 19.7. The highest BCUT2D eigenvalue weighted by molar-refractivity contribution is 5.76. The van der Waals surface area contributed by atoms with E-state index in [9.17, 15) is 19.8 Å². The quantitative estimate of drug-likeness (QED) is 0.0321. The van der Waals surface area contributed by atoms with Crippen molar-refractivity contribution in [2.75, 3.05) is 13.2 Å². The molecule has 0 rings (SSSR count). The van der Waals surface area contributed by atoms with Crippen molar-refractivity contribution in [1.82, 2.24) is 5.32 Å². The van der Waals surface area contributed by atoms with Gasteiger partial charge in [0.25, 0.3) is 0 Å². The molecule has 1 amide bonds. The van der Waals surface area contributed by atoms with Crippen LogP contribution in [0.3, 0.4) is 0 Å². The van der Waals surface area contributed by atoms with E-state index in [1.165, 1.54) is 199 Å². The summed E-state index contributed by atoms with van der Waals surface area (Å²) in [6, 6.07) is -0.557. The molecular formula is C58H111NO5. The molecule has 0 aromatic carbocycles. The van der Waals surface area contributed by atoms with E-state index in [1.807, 2.05) is 0 Å². The first-order chi connectivity index (χ1) is 31.5. The van der Waals surface area contributed by atoms with Crippen molar-refractivity contribution in [3.8, 4) is 0 Å². The van der Waals surface area contributed by atoms with E-state index in [0.29, 0.717) is 25.9 Å². The number of hydrogen-bond donors (Lipinski definition) is 3. The molecule has 0 heterocycles. The van der Waals surface area contributed by atoms with Crippen molar-refractivity contribution in [2.24, 2.45) is 0 Å². The number of amides is 1. The van der Waals surface area contributed by atoms with Crippen molar-refractivity contribution >= 4 is 11.9 Å². The molecule has 0 radical (unpaired) electrons. The van der Waals surface area contributed by atoms with Gasteiger partial charge in [-0.25, -0.2) is 0 Å². The minimum Gasteiger partial charge on any atom is -0.466 e. The van der Waals surface area contributed by atoms with E-state index in [2.05, 4.69) is 43.5 Å². The zero-order chi connectivity index (χ0) is 46.5. The largest absolute Gasteiger partial charge is 0.466 e. The van der Waals surface area contributed by atoms with Gasteiger partial charge >= 0.3 is 5.97 Å². The van der Waals surface area contributed by atoms with Crippen LogP contribution in [0, 0.1) is 0 Å². The Morgan fingerprint density at radius 3 is 1.16 bits per heavy atom. The fraction of sp³-hybridized carbons (Fsp3) is 0.897. The number of aliphatic hydroxyl groups is 2. The summed E-state index contributed by atoms with van der Waals surface area (Å²) in [7, 11) is 0. The van der Waals surface area contributed by atoms with Crippen LogP contribution < -0.4 is 5.32 Å². The van der Waals surface area contributed by atoms with Gasteiger partial charge in [0.1, 0.15) is 0 Å². The maximum Gasteiger partial charge on any atom is 0.305 e. The third kappa shape index (κ3) is 49.8. The number of nitrogens with one attached hydrogen (secondary N) is 1. The molecule has 6 heteroatoms. The van der Waals surface area contributed by atoms with E-state index >= 15 is 0 Å². The third-order valence-electron chi connectivity index (χ3n) is 13.3. The Morgan fingerprint density at radius 2 is 0.766 bits per heavy atom. The van der Waals surface area contributed by atoms with Crippen LogP contribution in [0.25, 0.3) is 0 Å². The average Bonchev–Trinajstić information content (AvgIpc) is 3.29. The SMILES string of the molecule is CCCCCCCCCCCCCCCCCCCCC(=O)OCCCCC/C=C\C=C/CCCCCCCCC(=O)NC(CO)C(O)CCCCCCCCCCCCCCCC. The van der Waals surface area contributed by atoms with Gasteiger partial charge in [-0.2, -0.15) is 0 Å². The third-order valence-corrected chi connectivity index (χ3v) is 13.3. The summed E-state index contributed by atoms with van der Waals surface area (Å²) in [6.45, 7) is 4.91. The number of carbonyl (C=O) groups excluding carboxylic acids is 2. The Kier molecular flexibility index (Phi) is 52.6. The van der Waals surface area contributed by atoms with Gasteiger partial charge in [-0.15, -0.1) is 0 Å². The average molecular weight is 903 g/mol. The normalized spacial score (nSPS) is 12.8. The molecule has 6 nitrogen and oxygen atoms in total. The van der Waals surface area contributed by atoms with Crippen LogP contribution >= 0.6 is 0 Å². The van der Waals surface area contributed by atoms with E-state index in [1.54, 1.807) is 0 Å². The van der Waals surface area contributed by atoms with Gasteiger partial charge in [0.05, 0.1) is 25.4 Å². The number of esters is 1. The summed E-state index contributed by atoms with van der Waals surface area (Å²) >= 11 is 0. The molecule has 0 aromatic heterocycles. The maximum absolute atomic E-state index is 12.5. The van der Waals surface area contributed by atoms with Gasteiger partial charge in [0, 0.05) is 12.8 Å². The standard InChI is InChI=1S/C58H111NO5/c1-3-5-7-9-11-13-15-17-19-20-21-24-28-32-36-40-44-48-52-58(63)64-53-49-45-41-37-33-29-25-22-23-27-31-35-39-43-47-51-57(62)59-55(54-60)56(61)50-46-42-38-34-30-26-18-16-14-12-10-8-6-4-2/h22,25,29,33,55-56,60-61H,3-21,23-24,26-28,30-32,34-54H2,1-2H3,(H,59,62)/b25-22-,33-29-. The molecule has 0 spiro atoms. The Balaban J connectivity index is 3.48. The Labute approximate surface area is 399 Å². The summed E-state index contributed by atoms with van der Waals surface area (Å²) in [5, 5.41) is 23.2. The molecule has 2 unspecified atom stereocenters. The van der Waals surface area contributed by atoms with Crippen LogP contribution in [0.15, 0.2) is 24.3 Å². The van der Waals surface area contributed by atoms with E-state index < -0.39 is 12.1 Å². The lowest BCUT2D eigenvalue weighted by Crippen LogP contribution is -2.45. The number of allylic oxidation sites excluding steroid dienone is 4. The minimum atomic E-state index is -0.678. The second kappa shape index (κ2) is 54.0. The number of ether oxygens (including phenoxy) is 1. The highest BCUT2D eigenvalue weighted by Crippen LogP contribution is 2.17. The van der Waals surface area contributed by atoms with Crippen molar-refractivity contribution < 1.29 is 24.5 Å². The minimum absolute atomic E-state index is 0.0171. The lowest BCUT2D eigenvalue weighted by Gasteiger charge is -2.22. The van der Waals surface area contributed by atoms with Crippen LogP contribution in [0.1, 0.15) is 309 Å². The Bertz CT molecular complexity index is 997. The molecular weight excluding hydrogens is 791 g/mol. The topological polar surface area (TPSA) is 95.9 Å². The molecule has 0 fully saturated rings. The van der Waals surface area contributed by atoms with Gasteiger partial charge in [0.15, 0.2) is 0 Å². The first kappa shape index (κ1) is 62.3. The molecule has 2 atom stereocenters. The Hall–Kier alpha value is -1.66. The van der Waals surface area contributed by atoms with Gasteiger partial charge in [-0.05, 0) is 57.8 Å². The van der Waals surface area contributed by atoms with Crippen LogP contribution in [0.2, 0.25) is 0 Å². The maximum atomic E-state index is 12.5. The highest BCUT2D eigenvalue weighted by atomic mass is 16.5. The zero-order valence-corrected chi connectivity index (χ0v) is 43.0. The summed E-state index contributed by atoms with van der Waals surface area (Å²) in [6.07, 6.45) is 64.5. The summed E-state index contributed by atoms with van der Waals surface area (Å²) in [4.78, 5) is 24.5. The number of unbranched alkanes of at least 4 members (excludes halogenated alkanes) is 39. The van der Waals surface area contributed by atoms with E-state index in [4.69, 9.17) is 4.74 Å². The first-order valence-electron chi connectivity index (χ1n) is 28.6. The van der Waals surface area contributed by atoms with E-state index in [0.717, 1.165) is 77.0 Å². The second-order valence-corrected chi connectivity index (χ2v) is 19.7. The number of rotatable bonds is 53. The molecule has 0 aliphatic carbocycles. The molecule has 3 N–H and O–H groups in total. The monoisotopic (exact) mass is 902 g/mol. The zero-order valence-electron chi connectivity index (χ0n) is 43.0. The van der Waals surface area contributed by atoms with Crippen LogP contribution in [-0.4, -0.2) is 47.4 Å². The molecule has 0 aliphatic heterocycles. The number of carbonyl (C=O) groups is 2. The van der Waals surface area contributed by atoms with E-state index in [-0.39, 0.29) is 18.5 Å². The molecule has 0 aromatic rings. The van der Waals surface area contributed by atoms with Gasteiger partial charge < -0.3 is 20.3 Å². The highest BCUT2D eigenvalue weighted by Gasteiger charge is 2.20. The van der Waals surface area contributed by atoms with Crippen LogP contribution in [0.5, 0.6) is 0 Å². The van der Waals surface area contributed by atoms with Crippen LogP contribution in [0.4, 0.5) is 0 Å². The molecule has 0 bridgehead atoms. The van der Waals surface area contributed by atoms with Gasteiger partial charge in [-0.1, -0.05) is 263 Å². The molecule has 378 valence electrons. The number of aliphatic hydroxyl groups excluding tert-OH is 2. The fourth-order valence-electron chi connectivity index (χ4n) is 8.87. The van der Waals surface area contributed by atoms with Crippen molar-refractivity contribution in [1.29, 1.82) is 0 Å². The molecule has 0 saturated carbocycles. The summed E-state index contributed by atoms with van der Waals surface area (Å²) in [5.41, 5.74) is 0. The predicted molar refractivity (Wildman–Crippen MR) is 278 cm³/mol. The molecule has 0 aliphatic rings. The summed E-state index contributed by atoms with van der Waals surface area (Å²) in [5.74, 6) is -0.0735. The Morgan fingerprint density at radius 1 is 0.438 bits per heavy atom. The van der Waals surface area contributed by atoms with Gasteiger partial charge in [0.2, 0.25) is 5.91 Å².